The first-order valence-electron chi connectivity index (χ1n) is 10.4. The van der Waals surface area contributed by atoms with Crippen molar-refractivity contribution in [1.29, 1.82) is 0 Å². The Bertz CT molecular complexity index is 1110. The first-order valence-corrected chi connectivity index (χ1v) is 11.2. The van der Waals surface area contributed by atoms with Gasteiger partial charge in [0, 0.05) is 24.8 Å². The summed E-state index contributed by atoms with van der Waals surface area (Å²) in [4.78, 5) is 29.1. The molecule has 11 heteroatoms. The van der Waals surface area contributed by atoms with Crippen LogP contribution in [0.1, 0.15) is 25.7 Å². The predicted octanol–water partition coefficient (Wildman–Crippen LogP) is 0.921. The summed E-state index contributed by atoms with van der Waals surface area (Å²) in [7, 11) is 0. The maximum Gasteiger partial charge on any atom is 0.264 e. The van der Waals surface area contributed by atoms with Crippen LogP contribution in [0.3, 0.4) is 0 Å². The number of aliphatic hydroxyl groups excluding tert-OH is 3. The van der Waals surface area contributed by atoms with Crippen LogP contribution in [0.5, 0.6) is 0 Å². The Kier molecular flexibility index (Phi) is 5.34. The lowest BCUT2D eigenvalue weighted by molar-refractivity contribution is 0.00446. The van der Waals surface area contributed by atoms with Crippen molar-refractivity contribution in [1.82, 2.24) is 19.9 Å². The lowest BCUT2D eigenvalue weighted by Crippen LogP contribution is -2.36. The van der Waals surface area contributed by atoms with E-state index < -0.39 is 24.2 Å². The summed E-state index contributed by atoms with van der Waals surface area (Å²) in [5.41, 5.74) is 0.605. The van der Waals surface area contributed by atoms with Gasteiger partial charge in [-0.3, -0.25) is 14.8 Å². The molecule has 2 fully saturated rings. The normalized spacial score (nSPS) is 26.2. The maximum absolute atomic E-state index is 13.1. The van der Waals surface area contributed by atoms with E-state index in [4.69, 9.17) is 0 Å². The highest BCUT2D eigenvalue weighted by atomic mass is 32.1. The Labute approximate surface area is 181 Å². The molecule has 3 heterocycles. The van der Waals surface area contributed by atoms with Gasteiger partial charge in [-0.1, -0.05) is 0 Å². The minimum Gasteiger partial charge on any atom is -0.396 e. The van der Waals surface area contributed by atoms with Gasteiger partial charge in [0.2, 0.25) is 5.95 Å². The highest BCUT2D eigenvalue weighted by molar-refractivity contribution is 7.21. The van der Waals surface area contributed by atoms with Crippen LogP contribution in [-0.2, 0) is 0 Å². The van der Waals surface area contributed by atoms with Crippen LogP contribution >= 0.6 is 11.3 Å². The molecule has 2 aliphatic rings. The highest BCUT2D eigenvalue weighted by Crippen LogP contribution is 2.34. The van der Waals surface area contributed by atoms with Crippen LogP contribution in [0, 0.1) is 5.92 Å². The number of aliphatic hydroxyl groups is 3. The van der Waals surface area contributed by atoms with E-state index in [0.29, 0.717) is 22.9 Å². The van der Waals surface area contributed by atoms with E-state index in [1.165, 1.54) is 11.3 Å². The van der Waals surface area contributed by atoms with E-state index in [9.17, 15) is 20.1 Å². The van der Waals surface area contributed by atoms with Crippen LogP contribution in [0.15, 0.2) is 23.3 Å². The van der Waals surface area contributed by atoms with Crippen LogP contribution in [0.2, 0.25) is 0 Å². The first-order chi connectivity index (χ1) is 15.0. The molecule has 5 rings (SSSR count). The summed E-state index contributed by atoms with van der Waals surface area (Å²) >= 11 is 1.36. The molecule has 10 nitrogen and oxygen atoms in total. The Balaban J connectivity index is 1.55. The number of nitrogens with one attached hydrogen (secondary N) is 3. The van der Waals surface area contributed by atoms with Crippen molar-refractivity contribution in [2.75, 3.05) is 17.2 Å². The summed E-state index contributed by atoms with van der Waals surface area (Å²) in [6.45, 7) is -0.231. The van der Waals surface area contributed by atoms with Gasteiger partial charge >= 0.3 is 0 Å². The molecule has 0 aliphatic heterocycles. The molecule has 164 valence electrons. The molecule has 4 unspecified atom stereocenters. The van der Waals surface area contributed by atoms with Gasteiger partial charge in [0.05, 0.1) is 23.0 Å². The number of pyridine rings is 1. The number of aromatic amines is 1. The number of rotatable bonds is 6. The number of nitrogens with zero attached hydrogens (tertiary/aromatic N) is 3. The van der Waals surface area contributed by atoms with Gasteiger partial charge in [-0.15, -0.1) is 11.3 Å². The third kappa shape index (κ3) is 3.78. The zero-order chi connectivity index (χ0) is 21.5. The van der Waals surface area contributed by atoms with E-state index in [0.717, 1.165) is 24.0 Å². The number of hydrogen-bond acceptors (Lipinski definition) is 10. The summed E-state index contributed by atoms with van der Waals surface area (Å²) in [6.07, 6.45) is 4.70. The van der Waals surface area contributed by atoms with Crippen molar-refractivity contribution in [3.63, 3.8) is 0 Å². The van der Waals surface area contributed by atoms with Gasteiger partial charge in [0.1, 0.15) is 28.0 Å². The number of fused-ring (bicyclic) bond motifs is 1. The maximum atomic E-state index is 13.1. The molecule has 0 amide bonds. The van der Waals surface area contributed by atoms with Crippen molar-refractivity contribution in [3.8, 4) is 10.6 Å². The third-order valence-electron chi connectivity index (χ3n) is 6.13. The number of anilines is 2. The first kappa shape index (κ1) is 20.3. The molecule has 0 radical (unpaired) electrons. The molecule has 6 N–H and O–H groups in total. The second-order valence-electron chi connectivity index (χ2n) is 8.18. The van der Waals surface area contributed by atoms with Crippen molar-refractivity contribution < 1.29 is 15.3 Å². The fourth-order valence-corrected chi connectivity index (χ4v) is 5.08. The van der Waals surface area contributed by atoms with Crippen molar-refractivity contribution in [2.24, 2.45) is 5.92 Å². The topological polar surface area (TPSA) is 156 Å². The fourth-order valence-electron chi connectivity index (χ4n) is 4.10. The van der Waals surface area contributed by atoms with Crippen LogP contribution in [0.25, 0.3) is 20.8 Å². The molecule has 2 aliphatic carbocycles. The molecular weight excluding hydrogens is 420 g/mol. The zero-order valence-electron chi connectivity index (χ0n) is 16.7. The van der Waals surface area contributed by atoms with Crippen LogP contribution in [0.4, 0.5) is 11.8 Å². The SMILES string of the molecule is O=c1[nH]c(NC2CCC2)nc(NC2CC(CO)C(O)C2O)c1-c1nc2cnccc2s1. The third-order valence-corrected chi connectivity index (χ3v) is 7.18. The van der Waals surface area contributed by atoms with Crippen LogP contribution in [-0.4, -0.2) is 66.2 Å². The molecule has 2 saturated carbocycles. The molecule has 4 atom stereocenters. The quantitative estimate of drug-likeness (QED) is 0.325. The van der Waals surface area contributed by atoms with E-state index in [1.807, 2.05) is 6.07 Å². The minimum absolute atomic E-state index is 0.231. The summed E-state index contributed by atoms with van der Waals surface area (Å²) in [6, 6.07) is 1.54. The van der Waals surface area contributed by atoms with E-state index in [-0.39, 0.29) is 29.6 Å². The standard InChI is InChI=1S/C20H24N6O4S/c27-8-9-6-11(16(29)15(9)28)23-17-14(19-24-12-7-21-5-4-13(12)31-19)18(30)26-20(25-17)22-10-2-1-3-10/h4-5,7,9-11,15-16,27-29H,1-3,6,8H2,(H3,22,23,25,26,30). The number of hydrogen-bond donors (Lipinski definition) is 6. The molecule has 0 saturated heterocycles. The van der Waals surface area contributed by atoms with Crippen molar-refractivity contribution >= 4 is 33.3 Å². The van der Waals surface area contributed by atoms with Gasteiger partial charge in [-0.2, -0.15) is 4.98 Å². The molecule has 3 aromatic rings. The second-order valence-corrected chi connectivity index (χ2v) is 9.21. The number of H-pyrrole nitrogens is 1. The molecule has 3 aromatic heterocycles. The molecule has 0 spiro atoms. The fraction of sp³-hybridized carbons (Fsp3) is 0.500. The number of thiazole rings is 1. The Morgan fingerprint density at radius 3 is 2.71 bits per heavy atom. The smallest absolute Gasteiger partial charge is 0.264 e. The molecule has 0 bridgehead atoms. The van der Waals surface area contributed by atoms with E-state index >= 15 is 0 Å². The molecule has 31 heavy (non-hydrogen) atoms. The van der Waals surface area contributed by atoms with E-state index in [1.54, 1.807) is 12.4 Å². The minimum atomic E-state index is -1.09. The summed E-state index contributed by atoms with van der Waals surface area (Å²) in [5.74, 6) is 0.196. The average molecular weight is 445 g/mol. The van der Waals surface area contributed by atoms with Gasteiger partial charge < -0.3 is 26.0 Å². The largest absolute Gasteiger partial charge is 0.396 e. The monoisotopic (exact) mass is 444 g/mol. The molecule has 0 aromatic carbocycles. The Hall–Kier alpha value is -2.60. The van der Waals surface area contributed by atoms with Gasteiger partial charge in [0.15, 0.2) is 0 Å². The lowest BCUT2D eigenvalue weighted by atomic mass is 9.93. The van der Waals surface area contributed by atoms with Gasteiger partial charge in [-0.25, -0.2) is 4.98 Å². The Morgan fingerprint density at radius 1 is 1.19 bits per heavy atom. The van der Waals surface area contributed by atoms with Crippen molar-refractivity contribution in [2.45, 2.75) is 50.0 Å². The van der Waals surface area contributed by atoms with Gasteiger partial charge in [0.25, 0.3) is 5.56 Å². The molecular formula is C20H24N6O4S. The second kappa shape index (κ2) is 8.15. The average Bonchev–Trinajstić information content (AvgIpc) is 3.26. The highest BCUT2D eigenvalue weighted by Gasteiger charge is 2.41. The summed E-state index contributed by atoms with van der Waals surface area (Å²) < 4.78 is 0.892. The summed E-state index contributed by atoms with van der Waals surface area (Å²) in [5, 5.41) is 37.0. The Morgan fingerprint density at radius 2 is 2.03 bits per heavy atom. The van der Waals surface area contributed by atoms with Crippen LogP contribution < -0.4 is 16.2 Å². The number of aromatic nitrogens is 4. The van der Waals surface area contributed by atoms with E-state index in [2.05, 4.69) is 30.6 Å². The van der Waals surface area contributed by atoms with Crippen molar-refractivity contribution in [3.05, 3.63) is 28.8 Å². The lowest BCUT2D eigenvalue weighted by Gasteiger charge is -2.27. The van der Waals surface area contributed by atoms with Gasteiger partial charge in [-0.05, 0) is 31.7 Å². The predicted molar refractivity (Wildman–Crippen MR) is 117 cm³/mol. The zero-order valence-corrected chi connectivity index (χ0v) is 17.5.